The highest BCUT2D eigenvalue weighted by molar-refractivity contribution is 9.10. The van der Waals surface area contributed by atoms with E-state index in [9.17, 15) is 5.11 Å². The summed E-state index contributed by atoms with van der Waals surface area (Å²) < 4.78 is 8.20. The van der Waals surface area contributed by atoms with Crippen molar-refractivity contribution in [2.45, 2.75) is 44.9 Å². The molecule has 0 aliphatic heterocycles. The van der Waals surface area contributed by atoms with E-state index in [1.165, 1.54) is 0 Å². The van der Waals surface area contributed by atoms with E-state index in [-0.39, 0.29) is 6.10 Å². The number of ether oxygens (including phenoxy) is 1. The van der Waals surface area contributed by atoms with Crippen LogP contribution in [0.25, 0.3) is 0 Å². The number of halogens is 1. The third-order valence-electron chi connectivity index (χ3n) is 3.07. The highest BCUT2D eigenvalue weighted by atomic mass is 79.9. The summed E-state index contributed by atoms with van der Waals surface area (Å²) in [6.45, 7) is 5.46. The number of rotatable bonds is 4. The topological polar surface area (TPSA) is 47.3 Å². The molecule has 16 heavy (non-hydrogen) atoms. The zero-order chi connectivity index (χ0) is 11.8. The average molecular weight is 289 g/mol. The van der Waals surface area contributed by atoms with Gasteiger partial charge in [-0.3, -0.25) is 4.68 Å². The van der Waals surface area contributed by atoms with Gasteiger partial charge in [0.25, 0.3) is 0 Å². The van der Waals surface area contributed by atoms with Gasteiger partial charge >= 0.3 is 0 Å². The molecule has 0 saturated heterocycles. The van der Waals surface area contributed by atoms with Gasteiger partial charge < -0.3 is 9.84 Å². The molecule has 0 amide bonds. The van der Waals surface area contributed by atoms with E-state index in [1.54, 1.807) is 6.20 Å². The maximum atomic E-state index is 10.5. The third-order valence-corrected chi connectivity index (χ3v) is 3.65. The van der Waals surface area contributed by atoms with Crippen molar-refractivity contribution < 1.29 is 9.84 Å². The molecule has 1 N–H and O–H groups in total. The first-order valence-electron chi connectivity index (χ1n) is 5.66. The van der Waals surface area contributed by atoms with Gasteiger partial charge in [-0.1, -0.05) is 0 Å². The predicted molar refractivity (Wildman–Crippen MR) is 64.1 cm³/mol. The molecule has 2 rings (SSSR count). The molecule has 1 heterocycles. The van der Waals surface area contributed by atoms with Gasteiger partial charge in [0.1, 0.15) is 5.60 Å². The first kappa shape index (κ1) is 12.1. The van der Waals surface area contributed by atoms with Crippen molar-refractivity contribution in [1.29, 1.82) is 0 Å². The second-order valence-electron chi connectivity index (χ2n) is 4.17. The lowest BCUT2D eigenvalue weighted by molar-refractivity contribution is -0.147. The largest absolute Gasteiger partial charge is 0.383 e. The Bertz CT molecular complexity index is 372. The number of aliphatic hydroxyl groups is 1. The van der Waals surface area contributed by atoms with Crippen molar-refractivity contribution in [2.75, 3.05) is 6.61 Å². The van der Waals surface area contributed by atoms with E-state index in [2.05, 4.69) is 21.0 Å². The molecule has 4 nitrogen and oxygen atoms in total. The first-order valence-corrected chi connectivity index (χ1v) is 6.45. The van der Waals surface area contributed by atoms with Crippen LogP contribution in [0.5, 0.6) is 0 Å². The molecular formula is C11H17BrN2O2. The molecule has 5 heteroatoms. The van der Waals surface area contributed by atoms with E-state index in [1.807, 2.05) is 18.5 Å². The fourth-order valence-corrected chi connectivity index (χ4v) is 2.97. The van der Waals surface area contributed by atoms with Crippen molar-refractivity contribution in [3.05, 3.63) is 16.4 Å². The van der Waals surface area contributed by atoms with Crippen LogP contribution in [0, 0.1) is 0 Å². The molecule has 0 spiro atoms. The van der Waals surface area contributed by atoms with Gasteiger partial charge in [0.2, 0.25) is 0 Å². The number of nitrogens with zero attached hydrogens (tertiary/aromatic N) is 2. The van der Waals surface area contributed by atoms with E-state index in [0.717, 1.165) is 16.7 Å². The lowest BCUT2D eigenvalue weighted by Gasteiger charge is -2.43. The summed E-state index contributed by atoms with van der Waals surface area (Å²) in [6.07, 6.45) is 3.24. The maximum Gasteiger partial charge on any atom is 0.112 e. The number of hydrogen-bond donors (Lipinski definition) is 1. The summed E-state index contributed by atoms with van der Waals surface area (Å²) in [6, 6.07) is 0. The zero-order valence-electron chi connectivity index (χ0n) is 9.61. The minimum absolute atomic E-state index is 0.183. The van der Waals surface area contributed by atoms with Crippen LogP contribution in [0.15, 0.2) is 10.7 Å². The Balaban J connectivity index is 2.16. The molecule has 0 unspecified atom stereocenters. The molecule has 90 valence electrons. The minimum Gasteiger partial charge on any atom is -0.383 e. The standard InChI is InChI=1S/C11H17BrN2O2/c1-3-14-10(9(12)7-13-14)11(15)5-8(6-11)16-4-2/h7-8,15H,3-6H2,1-2H3. The number of aryl methyl sites for hydroxylation is 1. The van der Waals surface area contributed by atoms with Crippen LogP contribution >= 0.6 is 15.9 Å². The second kappa shape index (κ2) is 4.47. The quantitative estimate of drug-likeness (QED) is 0.923. The monoisotopic (exact) mass is 288 g/mol. The third kappa shape index (κ3) is 1.92. The van der Waals surface area contributed by atoms with Gasteiger partial charge in [0, 0.05) is 26.0 Å². The Kier molecular flexibility index (Phi) is 3.37. The van der Waals surface area contributed by atoms with Crippen LogP contribution in [0.3, 0.4) is 0 Å². The van der Waals surface area contributed by atoms with Gasteiger partial charge in [-0.15, -0.1) is 0 Å². The van der Waals surface area contributed by atoms with E-state index >= 15 is 0 Å². The highest BCUT2D eigenvalue weighted by Gasteiger charge is 2.47. The smallest absolute Gasteiger partial charge is 0.112 e. The van der Waals surface area contributed by atoms with E-state index in [0.29, 0.717) is 19.4 Å². The van der Waals surface area contributed by atoms with Crippen molar-refractivity contribution in [3.63, 3.8) is 0 Å². The highest BCUT2D eigenvalue weighted by Crippen LogP contribution is 2.45. The first-order chi connectivity index (χ1) is 7.60. The molecule has 1 aliphatic carbocycles. The molecule has 0 atom stereocenters. The Morgan fingerprint density at radius 1 is 1.62 bits per heavy atom. The van der Waals surface area contributed by atoms with Crippen molar-refractivity contribution in [1.82, 2.24) is 9.78 Å². The van der Waals surface area contributed by atoms with E-state index in [4.69, 9.17) is 4.74 Å². The lowest BCUT2D eigenvalue weighted by atomic mass is 9.75. The summed E-state index contributed by atoms with van der Waals surface area (Å²) in [5.74, 6) is 0. The molecule has 1 aliphatic rings. The van der Waals surface area contributed by atoms with Crippen molar-refractivity contribution >= 4 is 15.9 Å². The summed E-state index contributed by atoms with van der Waals surface area (Å²) >= 11 is 3.44. The summed E-state index contributed by atoms with van der Waals surface area (Å²) in [7, 11) is 0. The SMILES string of the molecule is CCOC1CC(O)(c2c(Br)cnn2CC)C1. The number of aromatic nitrogens is 2. The summed E-state index contributed by atoms with van der Waals surface area (Å²) in [5, 5.41) is 14.7. The molecule has 1 saturated carbocycles. The van der Waals surface area contributed by atoms with Gasteiger partial charge in [0.05, 0.1) is 22.5 Å². The van der Waals surface area contributed by atoms with Crippen molar-refractivity contribution in [3.8, 4) is 0 Å². The van der Waals surface area contributed by atoms with Gasteiger partial charge in [-0.25, -0.2) is 0 Å². The Morgan fingerprint density at radius 2 is 2.31 bits per heavy atom. The molecule has 0 radical (unpaired) electrons. The number of hydrogen-bond acceptors (Lipinski definition) is 3. The van der Waals surface area contributed by atoms with Crippen LogP contribution in [0.4, 0.5) is 0 Å². The average Bonchev–Trinajstić information content (AvgIpc) is 2.57. The Labute approximate surface area is 104 Å². The fraction of sp³-hybridized carbons (Fsp3) is 0.727. The molecular weight excluding hydrogens is 272 g/mol. The van der Waals surface area contributed by atoms with Crippen LogP contribution in [0.1, 0.15) is 32.4 Å². The van der Waals surface area contributed by atoms with Gasteiger partial charge in [-0.2, -0.15) is 5.10 Å². The van der Waals surface area contributed by atoms with Crippen LogP contribution in [0.2, 0.25) is 0 Å². The van der Waals surface area contributed by atoms with Gasteiger partial charge in [0.15, 0.2) is 0 Å². The lowest BCUT2D eigenvalue weighted by Crippen LogP contribution is -2.47. The van der Waals surface area contributed by atoms with Crippen molar-refractivity contribution in [2.24, 2.45) is 0 Å². The minimum atomic E-state index is -0.773. The second-order valence-corrected chi connectivity index (χ2v) is 5.03. The van der Waals surface area contributed by atoms with Crippen LogP contribution in [-0.2, 0) is 16.9 Å². The normalized spacial score (nSPS) is 29.1. The molecule has 1 aromatic rings. The predicted octanol–water partition coefficient (Wildman–Crippen LogP) is 2.05. The van der Waals surface area contributed by atoms with Crippen LogP contribution in [-0.4, -0.2) is 27.6 Å². The van der Waals surface area contributed by atoms with Gasteiger partial charge in [-0.05, 0) is 29.8 Å². The zero-order valence-corrected chi connectivity index (χ0v) is 11.2. The maximum absolute atomic E-state index is 10.5. The Morgan fingerprint density at radius 3 is 2.88 bits per heavy atom. The molecule has 1 aromatic heterocycles. The fourth-order valence-electron chi connectivity index (χ4n) is 2.31. The Hall–Kier alpha value is -0.390. The molecule has 0 bridgehead atoms. The molecule has 1 fully saturated rings. The summed E-state index contributed by atoms with van der Waals surface area (Å²) in [4.78, 5) is 0. The van der Waals surface area contributed by atoms with Crippen LogP contribution < -0.4 is 0 Å². The summed E-state index contributed by atoms with van der Waals surface area (Å²) in [5.41, 5.74) is 0.108. The molecule has 0 aromatic carbocycles. The van der Waals surface area contributed by atoms with E-state index < -0.39 is 5.60 Å².